The van der Waals surface area contributed by atoms with Crippen LogP contribution in [0.5, 0.6) is 0 Å². The van der Waals surface area contributed by atoms with Crippen LogP contribution in [0.2, 0.25) is 0 Å². The Morgan fingerprint density at radius 1 is 1.19 bits per heavy atom. The predicted molar refractivity (Wildman–Crippen MR) is 92.9 cm³/mol. The molecule has 2 nitrogen and oxygen atoms in total. The second-order valence-corrected chi connectivity index (χ2v) is 9.15. The lowest BCUT2D eigenvalue weighted by atomic mass is 9.72. The molecule has 0 heterocycles. The van der Waals surface area contributed by atoms with Crippen molar-refractivity contribution < 1.29 is 9.53 Å². The fourth-order valence-corrected chi connectivity index (χ4v) is 3.78. The normalized spacial score (nSPS) is 21.5. The summed E-state index contributed by atoms with van der Waals surface area (Å²) >= 11 is 7.34. The van der Waals surface area contributed by atoms with Gasteiger partial charge in [0.25, 0.3) is 0 Å². The molecular weight excluding hydrogens is 396 g/mol. The topological polar surface area (TPSA) is 26.3 Å². The Bertz CT molecular complexity index is 475. The average molecular weight is 418 g/mol. The highest BCUT2D eigenvalue weighted by Crippen LogP contribution is 2.48. The molecule has 116 valence electrons. The first-order valence-corrected chi connectivity index (χ1v) is 9.07. The monoisotopic (exact) mass is 416 g/mol. The third-order valence-corrected chi connectivity index (χ3v) is 7.44. The third kappa shape index (κ3) is 4.56. The Kier molecular flexibility index (Phi) is 5.53. The number of carbonyl (C=O) groups excluding carboxylic acids is 1. The van der Waals surface area contributed by atoms with Crippen LogP contribution in [0.1, 0.15) is 45.1 Å². The van der Waals surface area contributed by atoms with Crippen molar-refractivity contribution in [3.63, 3.8) is 0 Å². The highest BCUT2D eigenvalue weighted by atomic mass is 79.9. The lowest BCUT2D eigenvalue weighted by Crippen LogP contribution is -2.43. The molecular formula is C17H22Br2O2. The highest BCUT2D eigenvalue weighted by molar-refractivity contribution is 9.12. The van der Waals surface area contributed by atoms with E-state index in [-0.39, 0.29) is 15.1 Å². The lowest BCUT2D eigenvalue weighted by molar-refractivity contribution is -0.145. The average Bonchev–Trinajstić information content (AvgIpc) is 2.48. The molecule has 0 radical (unpaired) electrons. The SMILES string of the molecule is CC1(C)CCC(Br)(C(Br)C(=O)OCc2ccccc2)CC1. The number of esters is 1. The summed E-state index contributed by atoms with van der Waals surface area (Å²) in [6.07, 6.45) is 4.20. The van der Waals surface area contributed by atoms with Crippen molar-refractivity contribution in [1.82, 2.24) is 0 Å². The number of halogens is 2. The van der Waals surface area contributed by atoms with Gasteiger partial charge in [-0.15, -0.1) is 0 Å². The molecule has 4 heteroatoms. The van der Waals surface area contributed by atoms with Crippen LogP contribution >= 0.6 is 31.9 Å². The zero-order valence-electron chi connectivity index (χ0n) is 12.6. The molecule has 21 heavy (non-hydrogen) atoms. The molecule has 1 fully saturated rings. The molecule has 1 aliphatic carbocycles. The van der Waals surface area contributed by atoms with Gasteiger partial charge in [-0.3, -0.25) is 4.79 Å². The van der Waals surface area contributed by atoms with Gasteiger partial charge in [-0.25, -0.2) is 0 Å². The first-order valence-electron chi connectivity index (χ1n) is 7.36. The Morgan fingerprint density at radius 2 is 1.76 bits per heavy atom. The van der Waals surface area contributed by atoms with Gasteiger partial charge in [0.1, 0.15) is 11.4 Å². The second-order valence-electron chi connectivity index (χ2n) is 6.65. The summed E-state index contributed by atoms with van der Waals surface area (Å²) in [5.41, 5.74) is 1.39. The minimum Gasteiger partial charge on any atom is -0.460 e. The Hall–Kier alpha value is -0.350. The first kappa shape index (κ1) is 17.0. The van der Waals surface area contributed by atoms with Crippen LogP contribution in [0.4, 0.5) is 0 Å². The fraction of sp³-hybridized carbons (Fsp3) is 0.588. The fourth-order valence-electron chi connectivity index (χ4n) is 2.61. The van der Waals surface area contributed by atoms with Crippen LogP contribution in [-0.2, 0) is 16.1 Å². The van der Waals surface area contributed by atoms with E-state index in [2.05, 4.69) is 45.7 Å². The van der Waals surface area contributed by atoms with E-state index in [0.717, 1.165) is 31.2 Å². The standard InChI is InChI=1S/C17H22Br2O2/c1-16(2)8-10-17(19,11-9-16)14(18)15(20)21-12-13-6-4-3-5-7-13/h3-7,14H,8-12H2,1-2H3. The molecule has 0 amide bonds. The smallest absolute Gasteiger partial charge is 0.321 e. The zero-order chi connectivity index (χ0) is 15.5. The number of ether oxygens (including phenoxy) is 1. The Balaban J connectivity index is 1.90. The van der Waals surface area contributed by atoms with Crippen LogP contribution in [0.3, 0.4) is 0 Å². The van der Waals surface area contributed by atoms with E-state index < -0.39 is 0 Å². The van der Waals surface area contributed by atoms with Crippen molar-refractivity contribution in [3.8, 4) is 0 Å². The Morgan fingerprint density at radius 3 is 2.33 bits per heavy atom. The number of alkyl halides is 2. The summed E-state index contributed by atoms with van der Waals surface area (Å²) in [5.74, 6) is -0.185. The minimum atomic E-state index is -0.301. The van der Waals surface area contributed by atoms with Crippen molar-refractivity contribution in [2.45, 2.75) is 55.3 Å². The van der Waals surface area contributed by atoms with E-state index in [0.29, 0.717) is 12.0 Å². The van der Waals surface area contributed by atoms with E-state index in [1.54, 1.807) is 0 Å². The number of benzene rings is 1. The van der Waals surface area contributed by atoms with Gasteiger partial charge in [-0.2, -0.15) is 0 Å². The summed E-state index contributed by atoms with van der Waals surface area (Å²) in [7, 11) is 0. The van der Waals surface area contributed by atoms with Crippen LogP contribution < -0.4 is 0 Å². The largest absolute Gasteiger partial charge is 0.460 e. The number of hydrogen-bond donors (Lipinski definition) is 0. The molecule has 1 saturated carbocycles. The quantitative estimate of drug-likeness (QED) is 0.495. The molecule has 1 aliphatic rings. The second kappa shape index (κ2) is 6.82. The third-order valence-electron chi connectivity index (χ3n) is 4.32. The summed E-state index contributed by atoms with van der Waals surface area (Å²) < 4.78 is 5.26. The van der Waals surface area contributed by atoms with E-state index in [1.807, 2.05) is 30.3 Å². The molecule has 1 unspecified atom stereocenters. The predicted octanol–water partition coefficient (Wildman–Crippen LogP) is 5.23. The van der Waals surface area contributed by atoms with E-state index in [1.165, 1.54) is 0 Å². The van der Waals surface area contributed by atoms with Crippen LogP contribution in [0, 0.1) is 5.41 Å². The zero-order valence-corrected chi connectivity index (χ0v) is 15.7. The molecule has 0 bridgehead atoms. The summed E-state index contributed by atoms with van der Waals surface area (Å²) in [4.78, 5) is 12.0. The van der Waals surface area contributed by atoms with E-state index >= 15 is 0 Å². The number of carbonyl (C=O) groups is 1. The van der Waals surface area contributed by atoms with Crippen molar-refractivity contribution in [2.75, 3.05) is 0 Å². The molecule has 1 aromatic rings. The maximum absolute atomic E-state index is 12.3. The molecule has 0 spiro atoms. The molecule has 2 rings (SSSR count). The highest BCUT2D eigenvalue weighted by Gasteiger charge is 2.44. The van der Waals surface area contributed by atoms with Crippen molar-refractivity contribution >= 4 is 37.8 Å². The van der Waals surface area contributed by atoms with Crippen molar-refractivity contribution in [2.24, 2.45) is 5.41 Å². The molecule has 1 aromatic carbocycles. The van der Waals surface area contributed by atoms with Gasteiger partial charge in [0.2, 0.25) is 0 Å². The summed E-state index contributed by atoms with van der Waals surface area (Å²) in [5, 5.41) is 0. The molecule has 1 atom stereocenters. The van der Waals surface area contributed by atoms with Gasteiger partial charge in [-0.05, 0) is 36.7 Å². The molecule has 0 aliphatic heterocycles. The number of rotatable bonds is 4. The van der Waals surface area contributed by atoms with Crippen LogP contribution in [-0.4, -0.2) is 15.1 Å². The maximum atomic E-state index is 12.3. The lowest BCUT2D eigenvalue weighted by Gasteiger charge is -2.41. The molecule has 0 N–H and O–H groups in total. The van der Waals surface area contributed by atoms with E-state index in [4.69, 9.17) is 4.74 Å². The van der Waals surface area contributed by atoms with Gasteiger partial charge in [-0.1, -0.05) is 76.0 Å². The number of hydrogen-bond acceptors (Lipinski definition) is 2. The van der Waals surface area contributed by atoms with Crippen LogP contribution in [0.15, 0.2) is 30.3 Å². The van der Waals surface area contributed by atoms with Crippen molar-refractivity contribution in [1.29, 1.82) is 0 Å². The molecule has 0 aromatic heterocycles. The van der Waals surface area contributed by atoms with Gasteiger partial charge in [0, 0.05) is 4.32 Å². The first-order chi connectivity index (χ1) is 9.82. The van der Waals surface area contributed by atoms with Gasteiger partial charge in [0.05, 0.1) is 0 Å². The Labute approximate surface area is 143 Å². The van der Waals surface area contributed by atoms with Gasteiger partial charge < -0.3 is 4.74 Å². The van der Waals surface area contributed by atoms with Gasteiger partial charge in [0.15, 0.2) is 0 Å². The van der Waals surface area contributed by atoms with Gasteiger partial charge >= 0.3 is 5.97 Å². The summed E-state index contributed by atoms with van der Waals surface area (Å²) in [6, 6.07) is 9.77. The summed E-state index contributed by atoms with van der Waals surface area (Å²) in [6.45, 7) is 4.91. The minimum absolute atomic E-state index is 0.184. The van der Waals surface area contributed by atoms with Crippen LogP contribution in [0.25, 0.3) is 0 Å². The maximum Gasteiger partial charge on any atom is 0.321 e. The van der Waals surface area contributed by atoms with Crippen molar-refractivity contribution in [3.05, 3.63) is 35.9 Å². The molecule has 0 saturated heterocycles. The van der Waals surface area contributed by atoms with E-state index in [9.17, 15) is 4.79 Å².